The Bertz CT molecular complexity index is 870. The maximum Gasteiger partial charge on any atom is 0.319 e. The predicted octanol–water partition coefficient (Wildman–Crippen LogP) is 4.54. The average Bonchev–Trinajstić information content (AvgIpc) is 2.93. The van der Waals surface area contributed by atoms with E-state index in [9.17, 15) is 9.59 Å². The first kappa shape index (κ1) is 18.5. The number of amides is 3. The first-order valence-electron chi connectivity index (χ1n) is 8.23. The van der Waals surface area contributed by atoms with Crippen LogP contribution in [0.5, 0.6) is 0 Å². The highest BCUT2D eigenvalue weighted by Crippen LogP contribution is 2.26. The Morgan fingerprint density at radius 1 is 1.12 bits per heavy atom. The number of hydrogen-bond acceptors (Lipinski definition) is 2. The van der Waals surface area contributed by atoms with Gasteiger partial charge in [-0.3, -0.25) is 4.79 Å². The Labute approximate surface area is 162 Å². The van der Waals surface area contributed by atoms with Crippen LogP contribution in [-0.4, -0.2) is 24.5 Å². The van der Waals surface area contributed by atoms with Gasteiger partial charge >= 0.3 is 6.03 Å². The summed E-state index contributed by atoms with van der Waals surface area (Å²) in [5.74, 6) is -0.0145. The molecule has 5 nitrogen and oxygen atoms in total. The van der Waals surface area contributed by atoms with Crippen LogP contribution in [0.1, 0.15) is 17.5 Å². The van der Waals surface area contributed by atoms with Gasteiger partial charge in [0.15, 0.2) is 0 Å². The fourth-order valence-corrected chi connectivity index (χ4v) is 3.22. The minimum Gasteiger partial charge on any atom is -0.333 e. The quantitative estimate of drug-likeness (QED) is 0.806. The summed E-state index contributed by atoms with van der Waals surface area (Å²) >= 11 is 12.0. The largest absolute Gasteiger partial charge is 0.333 e. The molecule has 1 aliphatic rings. The molecule has 1 atom stereocenters. The molecule has 2 N–H and O–H groups in total. The highest BCUT2D eigenvalue weighted by atomic mass is 35.5. The van der Waals surface area contributed by atoms with Crippen molar-refractivity contribution in [1.29, 1.82) is 0 Å². The zero-order valence-corrected chi connectivity index (χ0v) is 16.0. The summed E-state index contributed by atoms with van der Waals surface area (Å²) in [6.45, 7) is 4.47. The third-order valence-corrected chi connectivity index (χ3v) is 5.00. The van der Waals surface area contributed by atoms with Crippen LogP contribution in [0, 0.1) is 13.8 Å². The van der Waals surface area contributed by atoms with Crippen molar-refractivity contribution in [2.24, 2.45) is 0 Å². The molecule has 26 heavy (non-hydrogen) atoms. The molecule has 0 radical (unpaired) electrons. The van der Waals surface area contributed by atoms with Crippen molar-refractivity contribution in [2.75, 3.05) is 16.8 Å². The molecule has 1 unspecified atom stereocenters. The van der Waals surface area contributed by atoms with Crippen molar-refractivity contribution in [2.45, 2.75) is 26.3 Å². The SMILES string of the molecule is Cc1ccc(N2CC(NC(=O)Nc3cc(Cl)ccc3Cl)CC2=O)cc1C. The van der Waals surface area contributed by atoms with Crippen LogP contribution >= 0.6 is 23.2 Å². The fourth-order valence-electron chi connectivity index (χ4n) is 2.88. The van der Waals surface area contributed by atoms with Crippen molar-refractivity contribution in [1.82, 2.24) is 5.32 Å². The van der Waals surface area contributed by atoms with E-state index in [0.29, 0.717) is 22.3 Å². The van der Waals surface area contributed by atoms with Crippen LogP contribution in [0.2, 0.25) is 10.0 Å². The van der Waals surface area contributed by atoms with Gasteiger partial charge in [0.05, 0.1) is 16.8 Å². The minimum absolute atomic E-state index is 0.0145. The lowest BCUT2D eigenvalue weighted by molar-refractivity contribution is -0.117. The van der Waals surface area contributed by atoms with Crippen LogP contribution in [0.25, 0.3) is 0 Å². The number of halogens is 2. The maximum atomic E-state index is 12.3. The van der Waals surface area contributed by atoms with Gasteiger partial charge < -0.3 is 15.5 Å². The number of hydrogen-bond donors (Lipinski definition) is 2. The van der Waals surface area contributed by atoms with Gasteiger partial charge in [0, 0.05) is 23.7 Å². The number of rotatable bonds is 3. The summed E-state index contributed by atoms with van der Waals surface area (Å²) in [7, 11) is 0. The van der Waals surface area contributed by atoms with E-state index in [1.165, 1.54) is 5.56 Å². The number of anilines is 2. The van der Waals surface area contributed by atoms with E-state index < -0.39 is 6.03 Å². The zero-order chi connectivity index (χ0) is 18.8. The smallest absolute Gasteiger partial charge is 0.319 e. The number of carbonyl (C=O) groups excluding carboxylic acids is 2. The predicted molar refractivity (Wildman–Crippen MR) is 105 cm³/mol. The molecule has 3 rings (SSSR count). The fraction of sp³-hybridized carbons (Fsp3) is 0.263. The van der Waals surface area contributed by atoms with Gasteiger partial charge in [0.25, 0.3) is 0 Å². The topological polar surface area (TPSA) is 61.4 Å². The molecule has 0 aliphatic carbocycles. The molecule has 0 spiro atoms. The lowest BCUT2D eigenvalue weighted by Gasteiger charge is -2.18. The summed E-state index contributed by atoms with van der Waals surface area (Å²) in [5.41, 5.74) is 3.57. The van der Waals surface area contributed by atoms with Crippen LogP contribution in [-0.2, 0) is 4.79 Å². The normalized spacial score (nSPS) is 16.7. The van der Waals surface area contributed by atoms with Crippen molar-refractivity contribution in [3.63, 3.8) is 0 Å². The summed E-state index contributed by atoms with van der Waals surface area (Å²) in [6, 6.07) is 10.0. The second kappa shape index (κ2) is 7.56. The molecule has 1 heterocycles. The Morgan fingerprint density at radius 3 is 2.62 bits per heavy atom. The van der Waals surface area contributed by atoms with Crippen molar-refractivity contribution in [3.8, 4) is 0 Å². The van der Waals surface area contributed by atoms with Crippen molar-refractivity contribution >= 4 is 46.5 Å². The second-order valence-corrected chi connectivity index (χ2v) is 7.24. The molecule has 2 aromatic rings. The third kappa shape index (κ3) is 4.11. The number of urea groups is 1. The molecule has 0 aromatic heterocycles. The van der Waals surface area contributed by atoms with Crippen LogP contribution in [0.15, 0.2) is 36.4 Å². The number of carbonyl (C=O) groups is 2. The molecule has 2 aromatic carbocycles. The van der Waals surface area contributed by atoms with Crippen molar-refractivity contribution < 1.29 is 9.59 Å². The number of nitrogens with zero attached hydrogens (tertiary/aromatic N) is 1. The highest BCUT2D eigenvalue weighted by molar-refractivity contribution is 6.35. The van der Waals surface area contributed by atoms with Gasteiger partial charge in [-0.25, -0.2) is 4.79 Å². The second-order valence-electron chi connectivity index (χ2n) is 6.40. The lowest BCUT2D eigenvalue weighted by Crippen LogP contribution is -2.39. The molecule has 7 heteroatoms. The maximum absolute atomic E-state index is 12.3. The molecule has 0 bridgehead atoms. The van der Waals surface area contributed by atoms with Crippen LogP contribution in [0.4, 0.5) is 16.2 Å². The van der Waals surface area contributed by atoms with Gasteiger partial charge in [0.2, 0.25) is 5.91 Å². The molecule has 1 fully saturated rings. The van der Waals surface area contributed by atoms with E-state index in [-0.39, 0.29) is 18.4 Å². The van der Waals surface area contributed by atoms with E-state index in [2.05, 4.69) is 10.6 Å². The molecule has 136 valence electrons. The lowest BCUT2D eigenvalue weighted by atomic mass is 10.1. The average molecular weight is 392 g/mol. The number of nitrogens with one attached hydrogen (secondary N) is 2. The molecular weight excluding hydrogens is 373 g/mol. The molecule has 0 saturated carbocycles. The van der Waals surface area contributed by atoms with Gasteiger partial charge in [-0.2, -0.15) is 0 Å². The van der Waals surface area contributed by atoms with E-state index >= 15 is 0 Å². The third-order valence-electron chi connectivity index (χ3n) is 4.44. The molecule has 3 amide bonds. The first-order valence-corrected chi connectivity index (χ1v) is 8.99. The number of benzene rings is 2. The highest BCUT2D eigenvalue weighted by Gasteiger charge is 2.31. The summed E-state index contributed by atoms with van der Waals surface area (Å²) in [5, 5.41) is 6.35. The zero-order valence-electron chi connectivity index (χ0n) is 14.5. The summed E-state index contributed by atoms with van der Waals surface area (Å²) < 4.78 is 0. The van der Waals surface area contributed by atoms with Gasteiger partial charge in [-0.05, 0) is 55.3 Å². The van der Waals surface area contributed by atoms with E-state index in [1.807, 2.05) is 32.0 Å². The van der Waals surface area contributed by atoms with E-state index in [1.54, 1.807) is 23.1 Å². The summed E-state index contributed by atoms with van der Waals surface area (Å²) in [6.07, 6.45) is 0.254. The van der Waals surface area contributed by atoms with Crippen LogP contribution < -0.4 is 15.5 Å². The summed E-state index contributed by atoms with van der Waals surface area (Å²) in [4.78, 5) is 26.3. The van der Waals surface area contributed by atoms with Crippen molar-refractivity contribution in [3.05, 3.63) is 57.6 Å². The Balaban J connectivity index is 1.64. The molecular formula is C19H19Cl2N3O2. The van der Waals surface area contributed by atoms with E-state index in [4.69, 9.17) is 23.2 Å². The standard InChI is InChI=1S/C19H19Cl2N3O2/c1-11-3-5-15(7-12(11)2)24-10-14(9-18(24)25)22-19(26)23-17-8-13(20)4-6-16(17)21/h3-8,14H,9-10H2,1-2H3,(H2,22,23,26). The van der Waals surface area contributed by atoms with Gasteiger partial charge in [0.1, 0.15) is 0 Å². The van der Waals surface area contributed by atoms with Gasteiger partial charge in [-0.15, -0.1) is 0 Å². The minimum atomic E-state index is -0.422. The molecule has 1 aliphatic heterocycles. The van der Waals surface area contributed by atoms with Gasteiger partial charge in [-0.1, -0.05) is 29.3 Å². The Morgan fingerprint density at radius 2 is 1.88 bits per heavy atom. The Hall–Kier alpha value is -2.24. The van der Waals surface area contributed by atoms with Crippen LogP contribution in [0.3, 0.4) is 0 Å². The first-order chi connectivity index (χ1) is 12.3. The molecule has 1 saturated heterocycles. The van der Waals surface area contributed by atoms with E-state index in [0.717, 1.165) is 11.3 Å². The monoisotopic (exact) mass is 391 g/mol. The number of aryl methyl sites for hydroxylation is 2. The Kier molecular flexibility index (Phi) is 5.39.